The number of methoxy groups -OCH3 is 1. The van der Waals surface area contributed by atoms with Crippen molar-refractivity contribution in [2.24, 2.45) is 16.7 Å². The molecule has 4 rings (SSSR count). The van der Waals surface area contributed by atoms with Crippen LogP contribution in [0.4, 0.5) is 0 Å². The fourth-order valence-electron chi connectivity index (χ4n) is 3.75. The second kappa shape index (κ2) is 5.21. The van der Waals surface area contributed by atoms with Gasteiger partial charge >= 0.3 is 0 Å². The average Bonchev–Trinajstić information content (AvgIpc) is 2.63. The highest BCUT2D eigenvalue weighted by atomic mass is 16.7. The van der Waals surface area contributed by atoms with Gasteiger partial charge in [-0.25, -0.2) is 0 Å². The van der Waals surface area contributed by atoms with Crippen LogP contribution < -0.4 is 4.74 Å². The van der Waals surface area contributed by atoms with E-state index in [4.69, 9.17) is 19.6 Å². The minimum absolute atomic E-state index is 0.411. The second-order valence-electron chi connectivity index (χ2n) is 6.39. The summed E-state index contributed by atoms with van der Waals surface area (Å²) in [5.74, 6) is -1.87. The Labute approximate surface area is 145 Å². The molecule has 7 nitrogen and oxygen atoms in total. The van der Waals surface area contributed by atoms with Crippen LogP contribution >= 0.6 is 0 Å². The molecule has 3 heterocycles. The summed E-state index contributed by atoms with van der Waals surface area (Å²) in [6.45, 7) is 3.22. The maximum Gasteiger partial charge on any atom is 0.215 e. The third kappa shape index (κ3) is 1.78. The first-order chi connectivity index (χ1) is 11.8. The Kier molecular flexibility index (Phi) is 3.49. The van der Waals surface area contributed by atoms with Gasteiger partial charge in [0, 0.05) is 6.92 Å². The van der Waals surface area contributed by atoms with Crippen molar-refractivity contribution in [3.05, 3.63) is 29.8 Å². The molecule has 3 aliphatic heterocycles. The molecule has 0 aliphatic carbocycles. The Morgan fingerprint density at radius 3 is 2.20 bits per heavy atom. The van der Waals surface area contributed by atoms with Crippen LogP contribution in [0.25, 0.3) is 0 Å². The molecule has 3 fully saturated rings. The molecule has 0 unspecified atom stereocenters. The van der Waals surface area contributed by atoms with E-state index in [2.05, 4.69) is 0 Å². The summed E-state index contributed by atoms with van der Waals surface area (Å²) < 4.78 is 16.7. The number of nitrogens with zero attached hydrogens (tertiary/aromatic N) is 3. The predicted octanol–water partition coefficient (Wildman–Crippen LogP) is 2.67. The van der Waals surface area contributed by atoms with Crippen molar-refractivity contribution in [2.75, 3.05) is 7.11 Å². The van der Waals surface area contributed by atoms with Crippen molar-refractivity contribution in [1.82, 2.24) is 0 Å². The van der Waals surface area contributed by atoms with Crippen LogP contribution in [0.1, 0.15) is 25.5 Å². The van der Waals surface area contributed by atoms with E-state index < -0.39 is 34.5 Å². The molecule has 2 bridgehead atoms. The lowest BCUT2D eigenvalue weighted by atomic mass is 9.51. The van der Waals surface area contributed by atoms with Crippen molar-refractivity contribution in [1.29, 1.82) is 21.2 Å². The van der Waals surface area contributed by atoms with Crippen molar-refractivity contribution in [3.8, 4) is 24.0 Å². The van der Waals surface area contributed by atoms with Crippen LogP contribution in [-0.2, 0) is 9.47 Å². The Hall–Kier alpha value is -3.08. The highest BCUT2D eigenvalue weighted by Gasteiger charge is 2.77. The van der Waals surface area contributed by atoms with Crippen molar-refractivity contribution in [3.63, 3.8) is 0 Å². The summed E-state index contributed by atoms with van der Waals surface area (Å²) in [6, 6.07) is 12.8. The Bertz CT molecular complexity index is 846. The number of nitrogens with one attached hydrogen (secondary N) is 1. The van der Waals surface area contributed by atoms with Gasteiger partial charge in [0.25, 0.3) is 0 Å². The molecule has 25 heavy (non-hydrogen) atoms. The second-order valence-corrected chi connectivity index (χ2v) is 6.39. The SMILES string of the molecule is COc1ccc([C@@H]2O[C@@]3(C)OC(=N)[C@@]2(C#N)C(C#N)(C#N)[C@H]3C)cc1. The molecule has 7 heteroatoms. The quantitative estimate of drug-likeness (QED) is 0.885. The lowest BCUT2D eigenvalue weighted by Gasteiger charge is -2.60. The van der Waals surface area contributed by atoms with Crippen LogP contribution in [0, 0.1) is 56.2 Å². The van der Waals surface area contributed by atoms with Gasteiger partial charge in [-0.05, 0) is 17.7 Å². The number of benzene rings is 1. The van der Waals surface area contributed by atoms with Crippen molar-refractivity contribution in [2.45, 2.75) is 25.7 Å². The third-order valence-electron chi connectivity index (χ3n) is 5.41. The Morgan fingerprint density at radius 2 is 1.72 bits per heavy atom. The topological polar surface area (TPSA) is 123 Å². The molecule has 4 atom stereocenters. The van der Waals surface area contributed by atoms with Gasteiger partial charge in [0.05, 0.1) is 31.2 Å². The van der Waals surface area contributed by atoms with Crippen LogP contribution in [0.2, 0.25) is 0 Å². The van der Waals surface area contributed by atoms with E-state index in [-0.39, 0.29) is 0 Å². The maximum atomic E-state index is 9.99. The van der Waals surface area contributed by atoms with E-state index >= 15 is 0 Å². The van der Waals surface area contributed by atoms with Gasteiger partial charge in [-0.15, -0.1) is 0 Å². The first-order valence-electron chi connectivity index (χ1n) is 7.68. The zero-order valence-electron chi connectivity index (χ0n) is 14.0. The zero-order chi connectivity index (χ0) is 18.5. The molecule has 0 saturated carbocycles. The zero-order valence-corrected chi connectivity index (χ0v) is 14.0. The molecule has 126 valence electrons. The largest absolute Gasteiger partial charge is 0.497 e. The standard InChI is InChI=1S/C18H16N4O3/c1-11-16(2)24-14(12-4-6-13(23-3)7-5-12)18(10-21,15(22)25-16)17(11,8-19)9-20/h4-7,11,14,22H,1-3H3/t11-,14-,16-,18-/m0/s1. The summed E-state index contributed by atoms with van der Waals surface area (Å²) in [4.78, 5) is 0. The van der Waals surface area contributed by atoms with Crippen LogP contribution in [0.15, 0.2) is 24.3 Å². The van der Waals surface area contributed by atoms with Crippen molar-refractivity contribution < 1.29 is 14.2 Å². The molecular formula is C18H16N4O3. The van der Waals surface area contributed by atoms with Crippen LogP contribution in [0.5, 0.6) is 5.75 Å². The van der Waals surface area contributed by atoms with Crippen molar-refractivity contribution >= 4 is 5.90 Å². The van der Waals surface area contributed by atoms with E-state index in [1.807, 2.05) is 18.2 Å². The minimum Gasteiger partial charge on any atom is -0.497 e. The van der Waals surface area contributed by atoms with Gasteiger partial charge in [0.15, 0.2) is 10.8 Å². The van der Waals surface area contributed by atoms with E-state index in [0.29, 0.717) is 11.3 Å². The monoisotopic (exact) mass is 336 g/mol. The Balaban J connectivity index is 2.27. The summed E-state index contributed by atoms with van der Waals surface area (Å²) in [5.41, 5.74) is -3.06. The van der Waals surface area contributed by atoms with Gasteiger partial charge in [0.1, 0.15) is 11.9 Å². The molecule has 0 radical (unpaired) electrons. The highest BCUT2D eigenvalue weighted by molar-refractivity contribution is 5.88. The smallest absolute Gasteiger partial charge is 0.215 e. The number of hydrogen-bond donors (Lipinski definition) is 1. The molecule has 1 aromatic rings. The molecule has 0 aromatic heterocycles. The fourth-order valence-corrected chi connectivity index (χ4v) is 3.75. The first kappa shape index (κ1) is 16.8. The molecular weight excluding hydrogens is 320 g/mol. The number of fused-ring (bicyclic) bond motifs is 3. The summed E-state index contributed by atoms with van der Waals surface area (Å²) >= 11 is 0. The number of ether oxygens (including phenoxy) is 3. The third-order valence-corrected chi connectivity index (χ3v) is 5.41. The van der Waals surface area contributed by atoms with E-state index in [1.165, 1.54) is 7.11 Å². The fraction of sp³-hybridized carbons (Fsp3) is 0.444. The summed E-state index contributed by atoms with van der Waals surface area (Å²) in [5, 5.41) is 38.0. The van der Waals surface area contributed by atoms with E-state index in [0.717, 1.165) is 0 Å². The van der Waals surface area contributed by atoms with E-state index in [9.17, 15) is 15.8 Å². The molecule has 1 N–H and O–H groups in total. The lowest BCUT2D eigenvalue weighted by Crippen LogP contribution is -2.71. The average molecular weight is 336 g/mol. The lowest BCUT2D eigenvalue weighted by molar-refractivity contribution is -0.338. The molecule has 1 aromatic carbocycles. The normalized spacial score (nSPS) is 35.0. The van der Waals surface area contributed by atoms with Gasteiger partial charge in [-0.2, -0.15) is 15.8 Å². The van der Waals surface area contributed by atoms with Gasteiger partial charge < -0.3 is 14.2 Å². The summed E-state index contributed by atoms with van der Waals surface area (Å²) in [7, 11) is 1.54. The predicted molar refractivity (Wildman–Crippen MR) is 84.9 cm³/mol. The molecule has 0 amide bonds. The first-order valence-corrected chi connectivity index (χ1v) is 7.68. The maximum absolute atomic E-state index is 9.99. The van der Waals surface area contributed by atoms with Gasteiger partial charge in [-0.1, -0.05) is 19.1 Å². The molecule has 0 spiro atoms. The number of hydrogen-bond acceptors (Lipinski definition) is 7. The Morgan fingerprint density at radius 1 is 1.12 bits per heavy atom. The van der Waals surface area contributed by atoms with Gasteiger partial charge in [0.2, 0.25) is 11.7 Å². The van der Waals surface area contributed by atoms with Crippen LogP contribution in [0.3, 0.4) is 0 Å². The number of nitriles is 3. The van der Waals surface area contributed by atoms with Crippen LogP contribution in [-0.4, -0.2) is 18.8 Å². The van der Waals surface area contributed by atoms with Gasteiger partial charge in [-0.3, -0.25) is 5.41 Å². The highest BCUT2D eigenvalue weighted by Crippen LogP contribution is 2.66. The number of rotatable bonds is 2. The molecule has 3 saturated heterocycles. The summed E-state index contributed by atoms with van der Waals surface area (Å²) in [6.07, 6.45) is -0.981. The molecule has 3 aliphatic rings. The minimum atomic E-state index is -1.86. The van der Waals surface area contributed by atoms with E-state index in [1.54, 1.807) is 38.1 Å².